The molecular formula is C8H14N2S. The smallest absolute Gasteiger partial charge is 0.0856 e. The zero-order valence-electron chi connectivity index (χ0n) is 7.13. The highest BCUT2D eigenvalue weighted by Gasteiger charge is 1.88. The van der Waals surface area contributed by atoms with Crippen LogP contribution in [0.15, 0.2) is 11.5 Å². The van der Waals surface area contributed by atoms with Gasteiger partial charge >= 0.3 is 0 Å². The van der Waals surface area contributed by atoms with Crippen LogP contribution in [0.4, 0.5) is 0 Å². The minimum absolute atomic E-state index is 0.919. The van der Waals surface area contributed by atoms with Gasteiger partial charge in [0.1, 0.15) is 0 Å². The largest absolute Gasteiger partial charge is 0.282 e. The molecule has 0 aliphatic heterocycles. The number of aryl methyl sites for hydroxylation is 1. The minimum Gasteiger partial charge on any atom is -0.282 e. The Morgan fingerprint density at radius 3 is 2.55 bits per heavy atom. The lowest BCUT2D eigenvalue weighted by atomic mass is 10.4. The molecule has 2 nitrogen and oxygen atoms in total. The zero-order chi connectivity index (χ0) is 8.69. The van der Waals surface area contributed by atoms with Crippen molar-refractivity contribution in [1.82, 2.24) is 10.2 Å². The van der Waals surface area contributed by atoms with Crippen molar-refractivity contribution in [2.24, 2.45) is 0 Å². The lowest BCUT2D eigenvalue weighted by Crippen LogP contribution is -1.69. The number of rotatable bonds is 1. The summed E-state index contributed by atoms with van der Waals surface area (Å²) in [5.41, 5.74) is 1.99. The van der Waals surface area contributed by atoms with Crippen molar-refractivity contribution >= 4 is 18.7 Å². The van der Waals surface area contributed by atoms with Gasteiger partial charge in [-0.25, -0.2) is 0 Å². The molecule has 0 aromatic carbocycles. The van der Waals surface area contributed by atoms with E-state index in [1.165, 1.54) is 0 Å². The number of H-pyrrole nitrogens is 1. The Labute approximate surface area is 73.1 Å². The number of nitrogens with one attached hydrogen (secondary N) is 1. The van der Waals surface area contributed by atoms with E-state index in [2.05, 4.69) is 22.8 Å². The first-order chi connectivity index (χ1) is 5.33. The Morgan fingerprint density at radius 1 is 1.55 bits per heavy atom. The van der Waals surface area contributed by atoms with Gasteiger partial charge in [0.05, 0.1) is 5.69 Å². The fraction of sp³-hybridized carbons (Fsp3) is 0.375. The van der Waals surface area contributed by atoms with Gasteiger partial charge < -0.3 is 0 Å². The third-order valence-corrected chi connectivity index (χ3v) is 1.12. The minimum atomic E-state index is 0.919. The normalized spacial score (nSPS) is 9.45. The second-order valence-electron chi connectivity index (χ2n) is 1.79. The van der Waals surface area contributed by atoms with Gasteiger partial charge in [-0.3, -0.25) is 5.10 Å². The van der Waals surface area contributed by atoms with Gasteiger partial charge in [-0.2, -0.15) is 17.7 Å². The summed E-state index contributed by atoms with van der Waals surface area (Å²) in [6, 6.07) is 1.95. The van der Waals surface area contributed by atoms with E-state index in [1.807, 2.05) is 32.9 Å². The average molecular weight is 170 g/mol. The number of thiol groups is 1. The van der Waals surface area contributed by atoms with E-state index in [-0.39, 0.29) is 0 Å². The molecule has 0 bridgehead atoms. The van der Waals surface area contributed by atoms with E-state index in [0.717, 1.165) is 11.4 Å². The van der Waals surface area contributed by atoms with Crippen molar-refractivity contribution in [2.45, 2.75) is 20.8 Å². The highest BCUT2D eigenvalue weighted by Crippen LogP contribution is 1.99. The first kappa shape index (κ1) is 10.3. The monoisotopic (exact) mass is 170 g/mol. The summed E-state index contributed by atoms with van der Waals surface area (Å²) in [4.78, 5) is 0. The molecule has 1 heterocycles. The fourth-order valence-electron chi connectivity index (χ4n) is 0.601. The quantitative estimate of drug-likeness (QED) is 0.623. The fourth-order valence-corrected chi connectivity index (χ4v) is 0.754. The Hall–Kier alpha value is -0.700. The molecule has 0 unspecified atom stereocenters. The van der Waals surface area contributed by atoms with Crippen LogP contribution < -0.4 is 0 Å². The number of aromatic amines is 1. The molecule has 1 rings (SSSR count). The lowest BCUT2D eigenvalue weighted by molar-refractivity contribution is 1.04. The molecule has 1 N–H and O–H groups in total. The molecule has 0 saturated heterocycles. The molecule has 0 aliphatic carbocycles. The van der Waals surface area contributed by atoms with Crippen LogP contribution in [0.5, 0.6) is 0 Å². The van der Waals surface area contributed by atoms with Gasteiger partial charge in [0.2, 0.25) is 0 Å². The van der Waals surface area contributed by atoms with Crippen LogP contribution in [0.1, 0.15) is 25.2 Å². The van der Waals surface area contributed by atoms with Crippen molar-refractivity contribution in [3.63, 3.8) is 0 Å². The summed E-state index contributed by atoms with van der Waals surface area (Å²) in [6.07, 6.45) is 1.83. The standard InChI is InChI=1S/C6H8N2S.C2H6/c1-5-4-6(2-3-9)8-7-5;1-2/h2-4,9H,1H3,(H,7,8);1-2H3/b3-2+;. The van der Waals surface area contributed by atoms with Gasteiger partial charge in [-0.1, -0.05) is 13.8 Å². The zero-order valence-corrected chi connectivity index (χ0v) is 8.02. The molecular weight excluding hydrogens is 156 g/mol. The number of hydrogen-bond donors (Lipinski definition) is 2. The van der Waals surface area contributed by atoms with Crippen molar-refractivity contribution in [2.75, 3.05) is 0 Å². The van der Waals surface area contributed by atoms with Crippen LogP contribution in [0.2, 0.25) is 0 Å². The van der Waals surface area contributed by atoms with Crippen LogP contribution in [0, 0.1) is 6.92 Å². The first-order valence-electron chi connectivity index (χ1n) is 3.65. The topological polar surface area (TPSA) is 28.7 Å². The Balaban J connectivity index is 0.000000461. The summed E-state index contributed by atoms with van der Waals surface area (Å²) in [5.74, 6) is 0. The second kappa shape index (κ2) is 6.04. The van der Waals surface area contributed by atoms with E-state index in [1.54, 1.807) is 5.41 Å². The second-order valence-corrected chi connectivity index (χ2v) is 2.09. The molecule has 0 spiro atoms. The Kier molecular flexibility index (Phi) is 5.65. The highest BCUT2D eigenvalue weighted by molar-refractivity contribution is 7.83. The predicted octanol–water partition coefficient (Wildman–Crippen LogP) is 2.64. The molecule has 0 radical (unpaired) electrons. The maximum absolute atomic E-state index is 3.94. The molecule has 3 heteroatoms. The predicted molar refractivity (Wildman–Crippen MR) is 52.7 cm³/mol. The summed E-state index contributed by atoms with van der Waals surface area (Å²) in [5, 5.41) is 8.43. The Morgan fingerprint density at radius 2 is 2.18 bits per heavy atom. The molecule has 0 saturated carbocycles. The van der Waals surface area contributed by atoms with Crippen LogP contribution in [0.3, 0.4) is 0 Å². The summed E-state index contributed by atoms with van der Waals surface area (Å²) in [6.45, 7) is 5.96. The van der Waals surface area contributed by atoms with Gasteiger partial charge in [0, 0.05) is 5.69 Å². The molecule has 11 heavy (non-hydrogen) atoms. The van der Waals surface area contributed by atoms with Gasteiger partial charge in [0.25, 0.3) is 0 Å². The van der Waals surface area contributed by atoms with Crippen molar-refractivity contribution < 1.29 is 0 Å². The van der Waals surface area contributed by atoms with Gasteiger partial charge in [-0.05, 0) is 24.5 Å². The molecule has 0 fully saturated rings. The maximum Gasteiger partial charge on any atom is 0.0856 e. The van der Waals surface area contributed by atoms with Crippen molar-refractivity contribution in [3.8, 4) is 0 Å². The SMILES string of the molecule is CC.Cc1cc(/C=C/S)n[nH]1. The van der Waals surface area contributed by atoms with Crippen LogP contribution >= 0.6 is 12.6 Å². The first-order valence-corrected chi connectivity index (χ1v) is 4.17. The number of hydrogen-bond acceptors (Lipinski definition) is 2. The summed E-state index contributed by atoms with van der Waals surface area (Å²) >= 11 is 3.91. The molecule has 1 aromatic rings. The van der Waals surface area contributed by atoms with Gasteiger partial charge in [-0.15, -0.1) is 0 Å². The number of nitrogens with zero attached hydrogens (tertiary/aromatic N) is 1. The van der Waals surface area contributed by atoms with E-state index in [0.29, 0.717) is 0 Å². The molecule has 0 atom stereocenters. The lowest BCUT2D eigenvalue weighted by Gasteiger charge is -1.73. The van der Waals surface area contributed by atoms with Crippen molar-refractivity contribution in [3.05, 3.63) is 22.9 Å². The Bertz CT molecular complexity index is 216. The maximum atomic E-state index is 3.94. The van der Waals surface area contributed by atoms with E-state index in [9.17, 15) is 0 Å². The third kappa shape index (κ3) is 3.88. The molecule has 0 aliphatic rings. The van der Waals surface area contributed by atoms with E-state index < -0.39 is 0 Å². The van der Waals surface area contributed by atoms with Crippen LogP contribution in [0.25, 0.3) is 6.08 Å². The van der Waals surface area contributed by atoms with Gasteiger partial charge in [0.15, 0.2) is 0 Å². The highest BCUT2D eigenvalue weighted by atomic mass is 32.1. The van der Waals surface area contributed by atoms with Crippen LogP contribution in [-0.2, 0) is 0 Å². The van der Waals surface area contributed by atoms with Crippen molar-refractivity contribution in [1.29, 1.82) is 0 Å². The molecule has 0 amide bonds. The van der Waals surface area contributed by atoms with Crippen LogP contribution in [-0.4, -0.2) is 10.2 Å². The molecule has 1 aromatic heterocycles. The summed E-state index contributed by atoms with van der Waals surface area (Å²) < 4.78 is 0. The average Bonchev–Trinajstić information content (AvgIpc) is 2.41. The number of aromatic nitrogens is 2. The molecule has 62 valence electrons. The third-order valence-electron chi connectivity index (χ3n) is 0.971. The summed E-state index contributed by atoms with van der Waals surface area (Å²) in [7, 11) is 0. The van der Waals surface area contributed by atoms with E-state index >= 15 is 0 Å². The van der Waals surface area contributed by atoms with E-state index in [4.69, 9.17) is 0 Å².